The third-order valence-corrected chi connectivity index (χ3v) is 3.83. The average molecular weight is 281 g/mol. The first-order valence-electron chi connectivity index (χ1n) is 6.66. The minimum Gasteiger partial charge on any atom is -0.481 e. The molecule has 0 fully saturated rings. The van der Waals surface area contributed by atoms with Crippen molar-refractivity contribution < 1.29 is 9.90 Å². The Labute approximate surface area is 119 Å². The number of benzene rings is 1. The maximum atomic E-state index is 10.9. The normalized spacial score (nSPS) is 12.3. The molecule has 0 bridgehead atoms. The summed E-state index contributed by atoms with van der Waals surface area (Å²) in [5.74, 6) is 0.0110. The van der Waals surface area contributed by atoms with Gasteiger partial charge >= 0.3 is 5.97 Å². The maximum absolute atomic E-state index is 10.9. The zero-order chi connectivity index (χ0) is 14.1. The number of carbonyl (C=O) groups is 1. The smallest absolute Gasteiger partial charge is 0.310 e. The van der Waals surface area contributed by atoms with E-state index in [1.165, 1.54) is 24.2 Å². The van der Waals surface area contributed by atoms with E-state index >= 15 is 0 Å². The quantitative estimate of drug-likeness (QED) is 0.683. The first kappa shape index (κ1) is 16.1. The summed E-state index contributed by atoms with van der Waals surface area (Å²) in [5, 5.41) is 12.3. The summed E-state index contributed by atoms with van der Waals surface area (Å²) in [7, 11) is 0. The van der Waals surface area contributed by atoms with Crippen molar-refractivity contribution in [2.24, 2.45) is 0 Å². The first-order chi connectivity index (χ1) is 9.15. The van der Waals surface area contributed by atoms with Gasteiger partial charge < -0.3 is 10.4 Å². The molecule has 0 amide bonds. The van der Waals surface area contributed by atoms with Crippen LogP contribution in [0.2, 0.25) is 0 Å². The fraction of sp³-hybridized carbons (Fsp3) is 0.533. The molecule has 0 aliphatic heterocycles. The van der Waals surface area contributed by atoms with Crippen LogP contribution in [0.5, 0.6) is 0 Å². The summed E-state index contributed by atoms with van der Waals surface area (Å²) in [6.07, 6.45) is 4.59. The minimum atomic E-state index is -0.778. The highest BCUT2D eigenvalue weighted by atomic mass is 32.2. The number of unbranched alkanes of at least 4 members (excludes halogenated alkanes) is 1. The minimum absolute atomic E-state index is 0.437. The second kappa shape index (κ2) is 8.99. The summed E-state index contributed by atoms with van der Waals surface area (Å²) in [5.41, 5.74) is 2.06. The van der Waals surface area contributed by atoms with Crippen LogP contribution in [0.4, 0.5) is 0 Å². The van der Waals surface area contributed by atoms with Crippen LogP contribution in [0, 0.1) is 0 Å². The predicted octanol–water partition coefficient (Wildman–Crippen LogP) is 3.11. The molecule has 0 aliphatic rings. The van der Waals surface area contributed by atoms with Crippen LogP contribution in [0.1, 0.15) is 36.8 Å². The molecule has 1 atom stereocenters. The Balaban J connectivity index is 2.30. The number of thioether (sulfide) groups is 1. The number of rotatable bonds is 9. The molecular formula is C15H23NO2S. The van der Waals surface area contributed by atoms with Crippen LogP contribution in [-0.2, 0) is 11.3 Å². The molecule has 0 aromatic heterocycles. The Hall–Kier alpha value is -1.00. The van der Waals surface area contributed by atoms with Gasteiger partial charge in [0.1, 0.15) is 0 Å². The average Bonchev–Trinajstić information content (AvgIpc) is 2.42. The zero-order valence-corrected chi connectivity index (χ0v) is 12.5. The highest BCUT2D eigenvalue weighted by molar-refractivity contribution is 7.98. The van der Waals surface area contributed by atoms with Crippen molar-refractivity contribution >= 4 is 17.7 Å². The van der Waals surface area contributed by atoms with Crippen molar-refractivity contribution in [1.29, 1.82) is 0 Å². The van der Waals surface area contributed by atoms with Crippen molar-refractivity contribution in [2.45, 2.75) is 32.2 Å². The van der Waals surface area contributed by atoms with Crippen LogP contribution in [0.3, 0.4) is 0 Å². The molecule has 2 N–H and O–H groups in total. The van der Waals surface area contributed by atoms with Gasteiger partial charge in [0.25, 0.3) is 0 Å². The lowest BCUT2D eigenvalue weighted by Crippen LogP contribution is -2.15. The molecule has 0 heterocycles. The van der Waals surface area contributed by atoms with E-state index in [1.807, 2.05) is 36.0 Å². The summed E-state index contributed by atoms with van der Waals surface area (Å²) in [6, 6.07) is 7.82. The maximum Gasteiger partial charge on any atom is 0.310 e. The summed E-state index contributed by atoms with van der Waals surface area (Å²) < 4.78 is 0. The molecule has 19 heavy (non-hydrogen) atoms. The van der Waals surface area contributed by atoms with Crippen molar-refractivity contribution in [1.82, 2.24) is 5.32 Å². The molecule has 1 aromatic rings. The van der Waals surface area contributed by atoms with Crippen molar-refractivity contribution in [2.75, 3.05) is 18.6 Å². The lowest BCUT2D eigenvalue weighted by Gasteiger charge is -2.08. The van der Waals surface area contributed by atoms with Crippen LogP contribution >= 0.6 is 11.8 Å². The third-order valence-electron chi connectivity index (χ3n) is 3.13. The highest BCUT2D eigenvalue weighted by Gasteiger charge is 2.12. The molecule has 0 radical (unpaired) electrons. The third kappa shape index (κ3) is 6.12. The second-order valence-corrected chi connectivity index (χ2v) is 5.66. The summed E-state index contributed by atoms with van der Waals surface area (Å²) in [4.78, 5) is 10.9. The lowest BCUT2D eigenvalue weighted by molar-refractivity contribution is -0.138. The fourth-order valence-corrected chi connectivity index (χ4v) is 2.29. The molecule has 0 spiro atoms. The largest absolute Gasteiger partial charge is 0.481 e. The van der Waals surface area contributed by atoms with Gasteiger partial charge in [-0.2, -0.15) is 11.8 Å². The van der Waals surface area contributed by atoms with E-state index in [1.54, 1.807) is 6.92 Å². The highest BCUT2D eigenvalue weighted by Crippen LogP contribution is 2.15. The number of hydrogen-bond donors (Lipinski definition) is 2. The molecule has 1 unspecified atom stereocenters. The number of hydrogen-bond acceptors (Lipinski definition) is 3. The van der Waals surface area contributed by atoms with E-state index in [9.17, 15) is 4.79 Å². The van der Waals surface area contributed by atoms with E-state index in [4.69, 9.17) is 5.11 Å². The van der Waals surface area contributed by atoms with Gasteiger partial charge in [-0.15, -0.1) is 0 Å². The van der Waals surface area contributed by atoms with Gasteiger partial charge in [-0.25, -0.2) is 0 Å². The molecule has 0 aliphatic carbocycles. The zero-order valence-electron chi connectivity index (χ0n) is 11.7. The Kier molecular flexibility index (Phi) is 7.60. The lowest BCUT2D eigenvalue weighted by atomic mass is 10.00. The molecule has 1 aromatic carbocycles. The first-order valence-corrected chi connectivity index (χ1v) is 8.06. The molecule has 1 rings (SSSR count). The van der Waals surface area contributed by atoms with E-state index < -0.39 is 11.9 Å². The Bertz CT molecular complexity index is 378. The van der Waals surface area contributed by atoms with Crippen LogP contribution in [0.25, 0.3) is 0 Å². The molecule has 0 saturated heterocycles. The summed E-state index contributed by atoms with van der Waals surface area (Å²) in [6.45, 7) is 3.59. The molecule has 106 valence electrons. The topological polar surface area (TPSA) is 49.3 Å². The van der Waals surface area contributed by atoms with Gasteiger partial charge in [-0.05, 0) is 49.4 Å². The summed E-state index contributed by atoms with van der Waals surface area (Å²) >= 11 is 1.89. The van der Waals surface area contributed by atoms with Crippen LogP contribution in [-0.4, -0.2) is 29.6 Å². The number of carboxylic acid groups (broad SMARTS) is 1. The molecular weight excluding hydrogens is 258 g/mol. The fourth-order valence-electron chi connectivity index (χ4n) is 1.80. The standard InChI is InChI=1S/C15H23NO2S/c1-12(15(17)18)14-7-5-13(6-8-14)11-16-9-3-4-10-19-2/h5-8,12,16H,3-4,9-11H2,1-2H3,(H,17,18). The Morgan fingerprint density at radius 2 is 2.00 bits per heavy atom. The number of nitrogens with one attached hydrogen (secondary N) is 1. The van der Waals surface area contributed by atoms with E-state index in [2.05, 4.69) is 11.6 Å². The Morgan fingerprint density at radius 3 is 2.58 bits per heavy atom. The van der Waals surface area contributed by atoms with Crippen molar-refractivity contribution in [3.63, 3.8) is 0 Å². The van der Waals surface area contributed by atoms with Gasteiger partial charge in [0.2, 0.25) is 0 Å². The van der Waals surface area contributed by atoms with Gasteiger partial charge in [-0.3, -0.25) is 4.79 Å². The van der Waals surface area contributed by atoms with Gasteiger partial charge in [0.15, 0.2) is 0 Å². The monoisotopic (exact) mass is 281 g/mol. The number of carboxylic acids is 1. The van der Waals surface area contributed by atoms with Gasteiger partial charge in [0, 0.05) is 6.54 Å². The van der Waals surface area contributed by atoms with Crippen molar-refractivity contribution in [3.8, 4) is 0 Å². The van der Waals surface area contributed by atoms with E-state index in [0.717, 1.165) is 18.7 Å². The molecule has 4 heteroatoms. The predicted molar refractivity (Wildman–Crippen MR) is 81.8 cm³/mol. The van der Waals surface area contributed by atoms with Crippen LogP contribution < -0.4 is 5.32 Å². The second-order valence-electron chi connectivity index (χ2n) is 4.68. The molecule has 3 nitrogen and oxygen atoms in total. The SMILES string of the molecule is CSCCCCNCc1ccc(C(C)C(=O)O)cc1. The number of aliphatic carboxylic acids is 1. The van der Waals surface area contributed by atoms with E-state index in [0.29, 0.717) is 0 Å². The Morgan fingerprint density at radius 1 is 1.32 bits per heavy atom. The van der Waals surface area contributed by atoms with Gasteiger partial charge in [-0.1, -0.05) is 24.3 Å². The van der Waals surface area contributed by atoms with E-state index in [-0.39, 0.29) is 0 Å². The van der Waals surface area contributed by atoms with Crippen molar-refractivity contribution in [3.05, 3.63) is 35.4 Å². The van der Waals surface area contributed by atoms with Crippen LogP contribution in [0.15, 0.2) is 24.3 Å². The molecule has 0 saturated carbocycles. The van der Waals surface area contributed by atoms with Gasteiger partial charge in [0.05, 0.1) is 5.92 Å².